The third-order valence-electron chi connectivity index (χ3n) is 1.41. The summed E-state index contributed by atoms with van der Waals surface area (Å²) in [4.78, 5) is 0. The molecule has 0 saturated heterocycles. The summed E-state index contributed by atoms with van der Waals surface area (Å²) in [7, 11) is 0. The van der Waals surface area contributed by atoms with Gasteiger partial charge >= 0.3 is 0 Å². The first-order chi connectivity index (χ1) is 5.72. The highest BCUT2D eigenvalue weighted by Crippen LogP contribution is 2.10. The van der Waals surface area contributed by atoms with Crippen molar-refractivity contribution in [2.75, 3.05) is 5.32 Å². The lowest BCUT2D eigenvalue weighted by Gasteiger charge is -2.05. The van der Waals surface area contributed by atoms with Crippen LogP contribution in [-0.4, -0.2) is 5.11 Å². The van der Waals surface area contributed by atoms with Gasteiger partial charge in [0.05, 0.1) is 12.4 Å². The van der Waals surface area contributed by atoms with Crippen molar-refractivity contribution >= 4 is 5.69 Å². The summed E-state index contributed by atoms with van der Waals surface area (Å²) in [6.07, 6.45) is 0. The number of nitrogens with one attached hydrogen (secondary N) is 1. The highest BCUT2D eigenvalue weighted by molar-refractivity contribution is 5.48. The first-order valence-electron chi connectivity index (χ1n) is 3.63. The maximum absolute atomic E-state index is 8.81. The lowest BCUT2D eigenvalue weighted by Crippen LogP contribution is -2.06. The maximum atomic E-state index is 8.81. The Balaban J connectivity index is 2.79. The Morgan fingerprint density at radius 3 is 2.92 bits per heavy atom. The second-order valence-corrected chi connectivity index (χ2v) is 2.51. The molecule has 0 heterocycles. The zero-order valence-corrected chi connectivity index (χ0v) is 6.75. The fraction of sp³-hybridized carbons (Fsp3) is 0.111. The molecule has 64 valence electrons. The Kier molecular flexibility index (Phi) is 2.71. The van der Waals surface area contributed by atoms with Crippen LogP contribution in [0.25, 0.3) is 0 Å². The van der Waals surface area contributed by atoms with Gasteiger partial charge in [-0.2, -0.15) is 0 Å². The number of aliphatic hydroxyl groups excluding tert-OH is 1. The van der Waals surface area contributed by atoms with Crippen LogP contribution >= 0.6 is 0 Å². The average molecular weight is 164 g/mol. The zero-order valence-electron chi connectivity index (χ0n) is 6.75. The summed E-state index contributed by atoms with van der Waals surface area (Å²) < 4.78 is 0. The van der Waals surface area contributed by atoms with Crippen LogP contribution in [0.2, 0.25) is 0 Å². The second-order valence-electron chi connectivity index (χ2n) is 2.51. The molecule has 0 amide bonds. The molecule has 0 aliphatic carbocycles. The molecule has 3 nitrogen and oxygen atoms in total. The topological polar surface area (TPSA) is 58.3 Å². The number of anilines is 1. The van der Waals surface area contributed by atoms with E-state index in [1.54, 1.807) is 0 Å². The van der Waals surface area contributed by atoms with E-state index >= 15 is 0 Å². The summed E-state index contributed by atoms with van der Waals surface area (Å²) in [5.41, 5.74) is 7.04. The Bertz CT molecular complexity index is 284. The van der Waals surface area contributed by atoms with E-state index in [4.69, 9.17) is 10.8 Å². The van der Waals surface area contributed by atoms with Gasteiger partial charge in [-0.1, -0.05) is 18.7 Å². The van der Waals surface area contributed by atoms with E-state index in [1.165, 1.54) is 0 Å². The van der Waals surface area contributed by atoms with E-state index in [-0.39, 0.29) is 6.61 Å². The van der Waals surface area contributed by atoms with Crippen molar-refractivity contribution in [2.24, 2.45) is 5.73 Å². The summed E-state index contributed by atoms with van der Waals surface area (Å²) >= 11 is 0. The first kappa shape index (κ1) is 8.62. The number of nitrogens with two attached hydrogens (primary N) is 1. The van der Waals surface area contributed by atoms with Gasteiger partial charge in [0.15, 0.2) is 0 Å². The van der Waals surface area contributed by atoms with Crippen LogP contribution in [0.15, 0.2) is 36.7 Å². The van der Waals surface area contributed by atoms with Crippen molar-refractivity contribution in [3.63, 3.8) is 0 Å². The van der Waals surface area contributed by atoms with Crippen molar-refractivity contribution in [3.8, 4) is 0 Å². The molecule has 1 aromatic carbocycles. The van der Waals surface area contributed by atoms with Gasteiger partial charge in [-0.25, -0.2) is 0 Å². The van der Waals surface area contributed by atoms with Crippen molar-refractivity contribution in [3.05, 3.63) is 42.2 Å². The van der Waals surface area contributed by atoms with Crippen LogP contribution in [0.3, 0.4) is 0 Å². The van der Waals surface area contributed by atoms with Gasteiger partial charge in [0.25, 0.3) is 0 Å². The van der Waals surface area contributed by atoms with Gasteiger partial charge in [-0.15, -0.1) is 0 Å². The van der Waals surface area contributed by atoms with Crippen molar-refractivity contribution in [2.45, 2.75) is 6.61 Å². The van der Waals surface area contributed by atoms with E-state index in [1.807, 2.05) is 24.3 Å². The van der Waals surface area contributed by atoms with E-state index in [2.05, 4.69) is 11.9 Å². The monoisotopic (exact) mass is 164 g/mol. The quantitative estimate of drug-likeness (QED) is 0.625. The normalized spacial score (nSPS) is 9.42. The number of aliphatic hydroxyl groups is 1. The van der Waals surface area contributed by atoms with E-state index in [0.717, 1.165) is 11.3 Å². The molecule has 0 fully saturated rings. The molecule has 0 bridgehead atoms. The first-order valence-corrected chi connectivity index (χ1v) is 3.63. The van der Waals surface area contributed by atoms with Crippen LogP contribution in [0, 0.1) is 0 Å². The number of rotatable bonds is 3. The molecule has 0 aliphatic heterocycles. The van der Waals surface area contributed by atoms with Gasteiger partial charge < -0.3 is 16.2 Å². The fourth-order valence-corrected chi connectivity index (χ4v) is 0.933. The minimum absolute atomic E-state index is 0.0343. The highest BCUT2D eigenvalue weighted by Gasteiger charge is 1.93. The summed E-state index contributed by atoms with van der Waals surface area (Å²) in [6, 6.07) is 7.36. The van der Waals surface area contributed by atoms with Crippen LogP contribution in [0.1, 0.15) is 5.56 Å². The zero-order chi connectivity index (χ0) is 8.97. The number of hydrogen-bond acceptors (Lipinski definition) is 3. The molecule has 0 aromatic heterocycles. The molecule has 0 atom stereocenters. The molecule has 1 aromatic rings. The minimum Gasteiger partial charge on any atom is -0.392 e. The van der Waals surface area contributed by atoms with Gasteiger partial charge in [-0.05, 0) is 17.7 Å². The van der Waals surface area contributed by atoms with Crippen LogP contribution in [-0.2, 0) is 6.61 Å². The summed E-state index contributed by atoms with van der Waals surface area (Å²) in [6.45, 7) is 3.54. The second kappa shape index (κ2) is 3.78. The molecule has 3 heteroatoms. The van der Waals surface area contributed by atoms with Crippen molar-refractivity contribution < 1.29 is 5.11 Å². The predicted octanol–water partition coefficient (Wildman–Crippen LogP) is 1.02. The van der Waals surface area contributed by atoms with Crippen LogP contribution in [0.5, 0.6) is 0 Å². The average Bonchev–Trinajstić information content (AvgIpc) is 2.03. The molecule has 12 heavy (non-hydrogen) atoms. The third kappa shape index (κ3) is 2.29. The van der Waals surface area contributed by atoms with Gasteiger partial charge in [0.1, 0.15) is 0 Å². The van der Waals surface area contributed by atoms with Gasteiger partial charge in [-0.3, -0.25) is 0 Å². The predicted molar refractivity (Wildman–Crippen MR) is 49.3 cm³/mol. The molecule has 0 unspecified atom stereocenters. The lowest BCUT2D eigenvalue weighted by atomic mass is 10.2. The fourth-order valence-electron chi connectivity index (χ4n) is 0.933. The van der Waals surface area contributed by atoms with Gasteiger partial charge in [0.2, 0.25) is 0 Å². The number of hydrogen-bond donors (Lipinski definition) is 3. The molecular formula is C9H12N2O. The standard InChI is InChI=1S/C9H12N2O/c1-7(10)11-9-4-2-3-8(5-9)6-12/h2-5,11-12H,1,6,10H2. The largest absolute Gasteiger partial charge is 0.392 e. The van der Waals surface area contributed by atoms with E-state index in [0.29, 0.717) is 5.82 Å². The Hall–Kier alpha value is -1.48. The SMILES string of the molecule is C=C(N)Nc1cccc(CO)c1. The molecule has 1 rings (SSSR count). The molecule has 4 N–H and O–H groups in total. The smallest absolute Gasteiger partial charge is 0.0930 e. The van der Waals surface area contributed by atoms with Crippen molar-refractivity contribution in [1.29, 1.82) is 0 Å². The molecule has 0 aliphatic rings. The molecule has 0 saturated carbocycles. The Morgan fingerprint density at radius 2 is 2.33 bits per heavy atom. The van der Waals surface area contributed by atoms with Crippen LogP contribution < -0.4 is 11.1 Å². The molecular weight excluding hydrogens is 152 g/mol. The maximum Gasteiger partial charge on any atom is 0.0930 e. The Morgan fingerprint density at radius 1 is 1.58 bits per heavy atom. The highest BCUT2D eigenvalue weighted by atomic mass is 16.3. The minimum atomic E-state index is 0.0343. The van der Waals surface area contributed by atoms with E-state index < -0.39 is 0 Å². The number of benzene rings is 1. The van der Waals surface area contributed by atoms with Crippen molar-refractivity contribution in [1.82, 2.24) is 0 Å². The van der Waals surface area contributed by atoms with Crippen LogP contribution in [0.4, 0.5) is 5.69 Å². The molecule has 0 radical (unpaired) electrons. The third-order valence-corrected chi connectivity index (χ3v) is 1.41. The summed E-state index contributed by atoms with van der Waals surface area (Å²) in [5, 5.41) is 11.7. The lowest BCUT2D eigenvalue weighted by molar-refractivity contribution is 0.282. The summed E-state index contributed by atoms with van der Waals surface area (Å²) in [5.74, 6) is 0.394. The van der Waals surface area contributed by atoms with Gasteiger partial charge in [0, 0.05) is 5.69 Å². The van der Waals surface area contributed by atoms with E-state index in [9.17, 15) is 0 Å². The molecule has 0 spiro atoms. The Labute approximate surface area is 71.5 Å².